The first-order chi connectivity index (χ1) is 15.0. The molecule has 1 amide bonds. The fraction of sp³-hybridized carbons (Fsp3) is 0.100. The lowest BCUT2D eigenvalue weighted by molar-refractivity contribution is -0.377. The lowest BCUT2D eigenvalue weighted by atomic mass is 10.2. The van der Waals surface area contributed by atoms with Crippen LogP contribution in [0.4, 0.5) is 5.13 Å². The molecule has 2 N–H and O–H groups in total. The number of carbonyl (C=O) groups is 1. The maximum Gasteiger partial charge on any atom is 0.343 e. The molecule has 0 bridgehead atoms. The van der Waals surface area contributed by atoms with Crippen LogP contribution in [0, 0.1) is 10.1 Å². The lowest BCUT2D eigenvalue weighted by Crippen LogP contribution is -2.18. The van der Waals surface area contributed by atoms with Crippen molar-refractivity contribution < 1.29 is 19.6 Å². The smallest absolute Gasteiger partial charge is 0.343 e. The van der Waals surface area contributed by atoms with Gasteiger partial charge in [0.1, 0.15) is 5.75 Å². The number of para-hydroxylation sites is 2. The average Bonchev–Trinajstić information content (AvgIpc) is 3.15. The van der Waals surface area contributed by atoms with Crippen molar-refractivity contribution in [2.24, 2.45) is 0 Å². The van der Waals surface area contributed by atoms with Gasteiger partial charge in [0.2, 0.25) is 0 Å². The standard InChI is InChI=1S/C20H15N5O5S/c1-2-30-11-7-8-14-16(9-11)31-20(23-14)24-19(27)18(26)17(25(28)29)15-10-21-12-5-3-4-6-13(12)22-15/h3-10,26H,2H2,1H3,(H,23,24,27)/b18-17-. The van der Waals surface area contributed by atoms with Gasteiger partial charge in [0.25, 0.3) is 11.7 Å². The van der Waals surface area contributed by atoms with Crippen LogP contribution in [0.15, 0.2) is 54.4 Å². The summed E-state index contributed by atoms with van der Waals surface area (Å²) in [7, 11) is 0. The molecule has 2 aromatic carbocycles. The van der Waals surface area contributed by atoms with E-state index in [9.17, 15) is 20.0 Å². The normalized spacial score (nSPS) is 11.9. The minimum atomic E-state index is -1.09. The third kappa shape index (κ3) is 4.12. The van der Waals surface area contributed by atoms with Crippen LogP contribution in [0.3, 0.4) is 0 Å². The Morgan fingerprint density at radius 3 is 2.71 bits per heavy atom. The van der Waals surface area contributed by atoms with Gasteiger partial charge in [0, 0.05) is 0 Å². The van der Waals surface area contributed by atoms with Crippen molar-refractivity contribution in [3.8, 4) is 5.75 Å². The summed E-state index contributed by atoms with van der Waals surface area (Å²) in [5, 5.41) is 24.5. The van der Waals surface area contributed by atoms with E-state index in [4.69, 9.17) is 4.74 Å². The number of nitrogens with one attached hydrogen (secondary N) is 1. The van der Waals surface area contributed by atoms with Crippen molar-refractivity contribution in [2.45, 2.75) is 6.92 Å². The van der Waals surface area contributed by atoms with Crippen LogP contribution in [0.25, 0.3) is 26.9 Å². The van der Waals surface area contributed by atoms with E-state index in [0.717, 1.165) is 22.2 Å². The summed E-state index contributed by atoms with van der Waals surface area (Å²) in [6, 6.07) is 12.0. The van der Waals surface area contributed by atoms with Crippen LogP contribution >= 0.6 is 11.3 Å². The van der Waals surface area contributed by atoms with E-state index in [2.05, 4.69) is 20.3 Å². The number of rotatable bonds is 6. The maximum atomic E-state index is 12.5. The molecule has 0 spiro atoms. The van der Waals surface area contributed by atoms with Gasteiger partial charge in [-0.1, -0.05) is 23.5 Å². The Morgan fingerprint density at radius 1 is 1.19 bits per heavy atom. The molecule has 10 nitrogen and oxygen atoms in total. The first-order valence-electron chi connectivity index (χ1n) is 9.10. The Kier molecular flexibility index (Phi) is 5.41. The molecule has 0 saturated carbocycles. The van der Waals surface area contributed by atoms with E-state index < -0.39 is 22.3 Å². The largest absolute Gasteiger partial charge is 0.498 e. The van der Waals surface area contributed by atoms with E-state index >= 15 is 0 Å². The van der Waals surface area contributed by atoms with E-state index in [-0.39, 0.29) is 10.8 Å². The zero-order valence-corrected chi connectivity index (χ0v) is 16.9. The average molecular weight is 437 g/mol. The van der Waals surface area contributed by atoms with Crippen LogP contribution in [0.2, 0.25) is 0 Å². The van der Waals surface area contributed by atoms with Gasteiger partial charge in [-0.15, -0.1) is 0 Å². The van der Waals surface area contributed by atoms with Gasteiger partial charge in [-0.2, -0.15) is 0 Å². The monoisotopic (exact) mass is 437 g/mol. The fourth-order valence-electron chi connectivity index (χ4n) is 2.85. The molecule has 4 rings (SSSR count). The molecule has 2 aromatic heterocycles. The second-order valence-electron chi connectivity index (χ2n) is 6.23. The molecule has 0 atom stereocenters. The van der Waals surface area contributed by atoms with Crippen molar-refractivity contribution in [1.29, 1.82) is 0 Å². The number of aromatic nitrogens is 3. The van der Waals surface area contributed by atoms with E-state index in [1.807, 2.05) is 6.92 Å². The highest BCUT2D eigenvalue weighted by Gasteiger charge is 2.29. The molecule has 11 heteroatoms. The first kappa shape index (κ1) is 20.2. The summed E-state index contributed by atoms with van der Waals surface area (Å²) in [4.78, 5) is 35.7. The molecule has 0 aliphatic heterocycles. The highest BCUT2D eigenvalue weighted by Crippen LogP contribution is 2.30. The predicted molar refractivity (Wildman–Crippen MR) is 115 cm³/mol. The highest BCUT2D eigenvalue weighted by molar-refractivity contribution is 7.22. The summed E-state index contributed by atoms with van der Waals surface area (Å²) >= 11 is 1.15. The minimum absolute atomic E-state index is 0.174. The van der Waals surface area contributed by atoms with Crippen LogP contribution in [0.5, 0.6) is 5.75 Å². The van der Waals surface area contributed by atoms with Crippen molar-refractivity contribution >= 4 is 49.3 Å². The maximum absolute atomic E-state index is 12.5. The number of aliphatic hydroxyl groups is 1. The quantitative estimate of drug-likeness (QED) is 0.201. The molecule has 156 valence electrons. The zero-order valence-electron chi connectivity index (χ0n) is 16.1. The van der Waals surface area contributed by atoms with Crippen molar-refractivity contribution in [3.05, 3.63) is 70.2 Å². The van der Waals surface area contributed by atoms with Crippen LogP contribution < -0.4 is 10.1 Å². The van der Waals surface area contributed by atoms with Gasteiger partial charge in [0.05, 0.1) is 39.0 Å². The van der Waals surface area contributed by atoms with E-state index in [0.29, 0.717) is 28.9 Å². The molecule has 4 aromatic rings. The van der Waals surface area contributed by atoms with Crippen LogP contribution in [0.1, 0.15) is 12.6 Å². The van der Waals surface area contributed by atoms with Gasteiger partial charge in [-0.3, -0.25) is 25.2 Å². The molecule has 0 fully saturated rings. The predicted octanol–water partition coefficient (Wildman–Crippen LogP) is 3.78. The summed E-state index contributed by atoms with van der Waals surface area (Å²) < 4.78 is 6.19. The third-order valence-corrected chi connectivity index (χ3v) is 5.14. The summed E-state index contributed by atoms with van der Waals surface area (Å²) in [6.45, 7) is 2.37. The Balaban J connectivity index is 1.66. The van der Waals surface area contributed by atoms with Gasteiger partial charge in [-0.25, -0.2) is 9.97 Å². The van der Waals surface area contributed by atoms with E-state index in [1.54, 1.807) is 42.5 Å². The summed E-state index contributed by atoms with van der Waals surface area (Å²) in [5.41, 5.74) is 0.447. The number of amides is 1. The summed E-state index contributed by atoms with van der Waals surface area (Å²) in [6.07, 6.45) is 1.14. The van der Waals surface area contributed by atoms with Crippen molar-refractivity contribution in [1.82, 2.24) is 15.0 Å². The van der Waals surface area contributed by atoms with E-state index in [1.165, 1.54) is 0 Å². The molecule has 2 heterocycles. The topological polar surface area (TPSA) is 140 Å². The molecular formula is C20H15N5O5S. The fourth-order valence-corrected chi connectivity index (χ4v) is 3.74. The number of fused-ring (bicyclic) bond motifs is 2. The Bertz CT molecular complexity index is 1350. The lowest BCUT2D eigenvalue weighted by Gasteiger charge is -2.04. The minimum Gasteiger partial charge on any atom is -0.498 e. The number of benzene rings is 2. The Labute approximate surface area is 179 Å². The molecule has 0 radical (unpaired) electrons. The zero-order chi connectivity index (χ0) is 22.0. The molecule has 0 aliphatic carbocycles. The second kappa shape index (κ2) is 8.32. The van der Waals surface area contributed by atoms with Crippen molar-refractivity contribution in [3.63, 3.8) is 0 Å². The molecule has 31 heavy (non-hydrogen) atoms. The first-order valence-corrected chi connectivity index (χ1v) is 9.92. The number of anilines is 1. The number of aliphatic hydroxyl groups excluding tert-OH is 1. The number of hydrogen-bond acceptors (Lipinski definition) is 9. The number of nitrogens with zero attached hydrogens (tertiary/aromatic N) is 4. The third-order valence-electron chi connectivity index (χ3n) is 4.20. The summed E-state index contributed by atoms with van der Waals surface area (Å²) in [5.74, 6) is -1.51. The SMILES string of the molecule is CCOc1ccc2nc(NC(=O)/C(O)=C(\c3cnc4ccccc4n3)[N+](=O)[O-])sc2c1. The number of hydrogen-bond donors (Lipinski definition) is 2. The van der Waals surface area contributed by atoms with Gasteiger partial charge >= 0.3 is 5.70 Å². The van der Waals surface area contributed by atoms with Gasteiger partial charge < -0.3 is 9.84 Å². The van der Waals surface area contributed by atoms with Crippen LogP contribution in [-0.2, 0) is 4.79 Å². The Hall–Kier alpha value is -4.12. The number of ether oxygens (including phenoxy) is 1. The number of thiazole rings is 1. The number of nitro groups is 1. The molecular weight excluding hydrogens is 422 g/mol. The second-order valence-corrected chi connectivity index (χ2v) is 7.26. The highest BCUT2D eigenvalue weighted by atomic mass is 32.1. The molecule has 0 aliphatic rings. The molecule has 0 unspecified atom stereocenters. The Morgan fingerprint density at radius 2 is 1.97 bits per heavy atom. The van der Waals surface area contributed by atoms with Crippen LogP contribution in [-0.4, -0.2) is 37.5 Å². The number of carbonyl (C=O) groups excluding carboxylic acids is 1. The molecule has 0 saturated heterocycles. The van der Waals surface area contributed by atoms with Crippen molar-refractivity contribution in [2.75, 3.05) is 11.9 Å². The van der Waals surface area contributed by atoms with Gasteiger partial charge in [0.15, 0.2) is 10.8 Å². The van der Waals surface area contributed by atoms with Gasteiger partial charge in [-0.05, 0) is 37.3 Å².